The van der Waals surface area contributed by atoms with Crippen LogP contribution in [0.5, 0.6) is 0 Å². The first kappa shape index (κ1) is 20.0. The molecule has 0 spiro atoms. The second kappa shape index (κ2) is 8.64. The van der Waals surface area contributed by atoms with Crippen LogP contribution in [0.4, 0.5) is 0 Å². The van der Waals surface area contributed by atoms with Crippen molar-refractivity contribution in [3.63, 3.8) is 0 Å². The molecule has 2 unspecified atom stereocenters. The lowest BCUT2D eigenvalue weighted by atomic mass is 9.80. The standard InChI is InChI=1S/C27H29N3O/c1-18(25-12-6-8-21-7-3-4-11-26(21)25)28-24-10-5-9-23(17-24)20-13-15-22(16-14-20)27-29-19(2)31-30-27/h3-4,6-8,11-16,18,23-24,28H,5,9-10,17H2,1-2H3/t18?,23-,24?/m0/s1. The van der Waals surface area contributed by atoms with Gasteiger partial charge in [-0.1, -0.05) is 78.3 Å². The first-order chi connectivity index (χ1) is 15.2. The summed E-state index contributed by atoms with van der Waals surface area (Å²) >= 11 is 0. The Bertz CT molecular complexity index is 1160. The largest absolute Gasteiger partial charge is 0.339 e. The Morgan fingerprint density at radius 3 is 2.58 bits per heavy atom. The number of hydrogen-bond donors (Lipinski definition) is 1. The fourth-order valence-electron chi connectivity index (χ4n) is 5.04. The molecule has 0 saturated heterocycles. The molecule has 4 heteroatoms. The predicted molar refractivity (Wildman–Crippen MR) is 125 cm³/mol. The molecule has 158 valence electrons. The number of fused-ring (bicyclic) bond motifs is 1. The van der Waals surface area contributed by atoms with E-state index in [1.54, 1.807) is 0 Å². The molecular formula is C27H29N3O. The molecular weight excluding hydrogens is 382 g/mol. The highest BCUT2D eigenvalue weighted by Crippen LogP contribution is 2.35. The highest BCUT2D eigenvalue weighted by Gasteiger charge is 2.25. The summed E-state index contributed by atoms with van der Waals surface area (Å²) in [5.41, 5.74) is 3.81. The Labute approximate surface area is 183 Å². The zero-order valence-electron chi connectivity index (χ0n) is 18.2. The molecule has 3 aromatic carbocycles. The van der Waals surface area contributed by atoms with Gasteiger partial charge in [-0.05, 0) is 54.0 Å². The topological polar surface area (TPSA) is 51.0 Å². The maximum absolute atomic E-state index is 5.11. The zero-order chi connectivity index (χ0) is 21.2. The highest BCUT2D eigenvalue weighted by atomic mass is 16.5. The van der Waals surface area contributed by atoms with Crippen LogP contribution in [0.2, 0.25) is 0 Å². The summed E-state index contributed by atoms with van der Waals surface area (Å²) < 4.78 is 5.11. The molecule has 0 aliphatic heterocycles. The summed E-state index contributed by atoms with van der Waals surface area (Å²) in [6.07, 6.45) is 4.93. The number of nitrogens with zero attached hydrogens (tertiary/aromatic N) is 2. The Hall–Kier alpha value is -2.98. The smallest absolute Gasteiger partial charge is 0.223 e. The van der Waals surface area contributed by atoms with Crippen molar-refractivity contribution in [2.75, 3.05) is 0 Å². The molecule has 1 aliphatic rings. The van der Waals surface area contributed by atoms with Crippen molar-refractivity contribution in [1.82, 2.24) is 15.5 Å². The lowest BCUT2D eigenvalue weighted by molar-refractivity contribution is 0.319. The molecule has 1 saturated carbocycles. The van der Waals surface area contributed by atoms with Crippen LogP contribution in [-0.2, 0) is 0 Å². The van der Waals surface area contributed by atoms with Crippen LogP contribution in [0.15, 0.2) is 71.3 Å². The first-order valence-corrected chi connectivity index (χ1v) is 11.3. The first-order valence-electron chi connectivity index (χ1n) is 11.3. The molecule has 0 radical (unpaired) electrons. The van der Waals surface area contributed by atoms with Crippen molar-refractivity contribution >= 4 is 10.8 Å². The quantitative estimate of drug-likeness (QED) is 0.403. The molecule has 31 heavy (non-hydrogen) atoms. The van der Waals surface area contributed by atoms with Gasteiger partial charge >= 0.3 is 0 Å². The molecule has 4 aromatic rings. The van der Waals surface area contributed by atoms with Gasteiger partial charge in [-0.2, -0.15) is 4.98 Å². The summed E-state index contributed by atoms with van der Waals surface area (Å²) in [6.45, 7) is 4.12. The Morgan fingerprint density at radius 1 is 0.968 bits per heavy atom. The Balaban J connectivity index is 1.28. The fraction of sp³-hybridized carbons (Fsp3) is 0.333. The van der Waals surface area contributed by atoms with E-state index in [0.29, 0.717) is 29.7 Å². The van der Waals surface area contributed by atoms with Crippen LogP contribution in [0, 0.1) is 6.92 Å². The maximum atomic E-state index is 5.11. The molecule has 1 heterocycles. The second-order valence-corrected chi connectivity index (χ2v) is 8.78. The molecule has 1 aliphatic carbocycles. The lowest BCUT2D eigenvalue weighted by Gasteiger charge is -2.32. The van der Waals surface area contributed by atoms with Crippen LogP contribution in [-0.4, -0.2) is 16.2 Å². The van der Waals surface area contributed by atoms with Crippen LogP contribution in [0.1, 0.15) is 61.6 Å². The maximum Gasteiger partial charge on any atom is 0.223 e. The minimum atomic E-state index is 0.332. The average molecular weight is 412 g/mol. The van der Waals surface area contributed by atoms with Gasteiger partial charge in [-0.25, -0.2) is 0 Å². The summed E-state index contributed by atoms with van der Waals surface area (Å²) in [4.78, 5) is 4.33. The fourth-order valence-corrected chi connectivity index (χ4v) is 5.04. The Kier molecular flexibility index (Phi) is 5.56. The van der Waals surface area contributed by atoms with E-state index >= 15 is 0 Å². The van der Waals surface area contributed by atoms with E-state index in [1.165, 1.54) is 47.6 Å². The van der Waals surface area contributed by atoms with Gasteiger partial charge in [-0.15, -0.1) is 0 Å². The van der Waals surface area contributed by atoms with Crippen molar-refractivity contribution in [2.45, 2.75) is 57.5 Å². The number of nitrogens with one attached hydrogen (secondary N) is 1. The van der Waals surface area contributed by atoms with Crippen molar-refractivity contribution in [3.8, 4) is 11.4 Å². The summed E-state index contributed by atoms with van der Waals surface area (Å²) in [6, 6.07) is 24.9. The van der Waals surface area contributed by atoms with Crippen LogP contribution < -0.4 is 5.32 Å². The van der Waals surface area contributed by atoms with E-state index in [-0.39, 0.29) is 0 Å². The molecule has 1 aromatic heterocycles. The average Bonchev–Trinajstić information content (AvgIpc) is 3.25. The van der Waals surface area contributed by atoms with Crippen molar-refractivity contribution in [1.29, 1.82) is 0 Å². The van der Waals surface area contributed by atoms with Gasteiger partial charge in [0.2, 0.25) is 11.7 Å². The van der Waals surface area contributed by atoms with Gasteiger partial charge in [0.15, 0.2) is 0 Å². The monoisotopic (exact) mass is 411 g/mol. The zero-order valence-corrected chi connectivity index (χ0v) is 18.2. The van der Waals surface area contributed by atoms with E-state index in [9.17, 15) is 0 Å². The molecule has 0 amide bonds. The summed E-state index contributed by atoms with van der Waals surface area (Å²) in [5, 5.41) is 10.6. The van der Waals surface area contributed by atoms with Crippen LogP contribution in [0.25, 0.3) is 22.2 Å². The normalized spacial score (nSPS) is 20.1. The number of rotatable bonds is 5. The number of aromatic nitrogens is 2. The molecule has 0 bridgehead atoms. The van der Waals surface area contributed by atoms with E-state index in [0.717, 1.165) is 5.56 Å². The van der Waals surface area contributed by atoms with Gasteiger partial charge in [0.1, 0.15) is 0 Å². The summed E-state index contributed by atoms with van der Waals surface area (Å²) in [7, 11) is 0. The van der Waals surface area contributed by atoms with Gasteiger partial charge < -0.3 is 9.84 Å². The second-order valence-electron chi connectivity index (χ2n) is 8.78. The van der Waals surface area contributed by atoms with Crippen molar-refractivity contribution in [2.24, 2.45) is 0 Å². The minimum Gasteiger partial charge on any atom is -0.339 e. The van der Waals surface area contributed by atoms with Gasteiger partial charge in [0, 0.05) is 24.6 Å². The van der Waals surface area contributed by atoms with Gasteiger partial charge in [-0.3, -0.25) is 0 Å². The Morgan fingerprint density at radius 2 is 1.77 bits per heavy atom. The van der Waals surface area contributed by atoms with E-state index < -0.39 is 0 Å². The number of benzene rings is 3. The third kappa shape index (κ3) is 4.26. The molecule has 1 fully saturated rings. The van der Waals surface area contributed by atoms with Crippen LogP contribution in [0.3, 0.4) is 0 Å². The van der Waals surface area contributed by atoms with E-state index in [4.69, 9.17) is 4.52 Å². The van der Waals surface area contributed by atoms with Gasteiger partial charge in [0.25, 0.3) is 0 Å². The van der Waals surface area contributed by atoms with E-state index in [1.807, 2.05) is 6.92 Å². The molecule has 4 nitrogen and oxygen atoms in total. The predicted octanol–water partition coefficient (Wildman–Crippen LogP) is 6.58. The highest BCUT2D eigenvalue weighted by molar-refractivity contribution is 5.86. The lowest BCUT2D eigenvalue weighted by Crippen LogP contribution is -2.35. The number of aryl methyl sites for hydroxylation is 1. The van der Waals surface area contributed by atoms with Crippen LogP contribution >= 0.6 is 0 Å². The third-order valence-electron chi connectivity index (χ3n) is 6.62. The minimum absolute atomic E-state index is 0.332. The van der Waals surface area contributed by atoms with Gasteiger partial charge in [0.05, 0.1) is 0 Å². The van der Waals surface area contributed by atoms with Crippen molar-refractivity contribution < 1.29 is 4.52 Å². The molecule has 5 rings (SSSR count). The van der Waals surface area contributed by atoms with E-state index in [2.05, 4.69) is 89.1 Å². The third-order valence-corrected chi connectivity index (χ3v) is 6.62. The molecule has 3 atom stereocenters. The molecule has 1 N–H and O–H groups in total. The number of hydrogen-bond acceptors (Lipinski definition) is 4. The summed E-state index contributed by atoms with van der Waals surface area (Å²) in [5.74, 6) is 1.85. The SMILES string of the molecule is Cc1nc(-c2ccc([C@H]3CCCC(NC(C)c4cccc5ccccc45)C3)cc2)no1. The van der Waals surface area contributed by atoms with Crippen molar-refractivity contribution in [3.05, 3.63) is 83.7 Å².